The summed E-state index contributed by atoms with van der Waals surface area (Å²) >= 11 is 0. The molecule has 1 fully saturated rings. The van der Waals surface area contributed by atoms with E-state index in [1.54, 1.807) is 7.05 Å². The molecule has 1 saturated carbocycles. The summed E-state index contributed by atoms with van der Waals surface area (Å²) in [6.45, 7) is 0. The summed E-state index contributed by atoms with van der Waals surface area (Å²) in [6.07, 6.45) is 6.37. The molecule has 7 heteroatoms. The van der Waals surface area contributed by atoms with Crippen LogP contribution in [-0.4, -0.2) is 30.3 Å². The molecule has 6 nitrogen and oxygen atoms in total. The van der Waals surface area contributed by atoms with Gasteiger partial charge in [-0.15, -0.1) is 0 Å². The lowest BCUT2D eigenvalue weighted by Crippen LogP contribution is -2.47. The van der Waals surface area contributed by atoms with Crippen molar-refractivity contribution in [2.24, 2.45) is 12.8 Å². The highest BCUT2D eigenvalue weighted by Crippen LogP contribution is 2.18. The summed E-state index contributed by atoms with van der Waals surface area (Å²) in [5.41, 5.74) is 6.03. The molecule has 0 aliphatic heterocycles. The zero-order chi connectivity index (χ0) is 13.2. The van der Waals surface area contributed by atoms with Gasteiger partial charge in [-0.1, -0.05) is 19.3 Å². The van der Waals surface area contributed by atoms with Crippen LogP contribution in [0.25, 0.3) is 0 Å². The number of aromatic nitrogens is 2. The molecule has 102 valence electrons. The average molecular weight is 272 g/mol. The van der Waals surface area contributed by atoms with Gasteiger partial charge in [0, 0.05) is 19.1 Å². The lowest BCUT2D eigenvalue weighted by molar-refractivity contribution is 0.453. The van der Waals surface area contributed by atoms with Crippen LogP contribution >= 0.6 is 0 Å². The Morgan fingerprint density at radius 1 is 1.39 bits per heavy atom. The molecule has 0 amide bonds. The van der Waals surface area contributed by atoms with Gasteiger partial charge in [-0.25, -0.2) is 13.1 Å². The first kappa shape index (κ1) is 13.5. The van der Waals surface area contributed by atoms with E-state index < -0.39 is 10.0 Å². The summed E-state index contributed by atoms with van der Waals surface area (Å²) < 4.78 is 28.5. The highest BCUT2D eigenvalue weighted by molar-refractivity contribution is 7.89. The Balaban J connectivity index is 2.15. The van der Waals surface area contributed by atoms with Gasteiger partial charge >= 0.3 is 0 Å². The maximum absolute atomic E-state index is 12.2. The van der Waals surface area contributed by atoms with E-state index in [-0.39, 0.29) is 17.1 Å². The molecular formula is C11H20N4O2S. The fourth-order valence-electron chi connectivity index (χ4n) is 2.37. The summed E-state index contributed by atoms with van der Waals surface area (Å²) in [6, 6.07) is 1.22. The fraction of sp³-hybridized carbons (Fsp3) is 0.727. The van der Waals surface area contributed by atoms with E-state index in [9.17, 15) is 8.42 Å². The second-order valence-electron chi connectivity index (χ2n) is 4.82. The molecule has 2 unspecified atom stereocenters. The summed E-state index contributed by atoms with van der Waals surface area (Å²) in [7, 11) is -1.91. The van der Waals surface area contributed by atoms with Crippen molar-refractivity contribution in [2.75, 3.05) is 0 Å². The van der Waals surface area contributed by atoms with Crippen LogP contribution in [0.5, 0.6) is 0 Å². The minimum atomic E-state index is -3.53. The second kappa shape index (κ2) is 5.38. The van der Waals surface area contributed by atoms with Gasteiger partial charge in [0.2, 0.25) is 0 Å². The minimum Gasteiger partial charge on any atom is -0.326 e. The van der Waals surface area contributed by atoms with Crippen molar-refractivity contribution in [2.45, 2.75) is 49.2 Å². The number of nitrogens with zero attached hydrogens (tertiary/aromatic N) is 2. The van der Waals surface area contributed by atoms with E-state index in [4.69, 9.17) is 5.73 Å². The van der Waals surface area contributed by atoms with Crippen LogP contribution in [-0.2, 0) is 17.1 Å². The van der Waals surface area contributed by atoms with Gasteiger partial charge in [-0.05, 0) is 18.9 Å². The van der Waals surface area contributed by atoms with E-state index in [0.29, 0.717) is 0 Å². The first-order chi connectivity index (χ1) is 8.50. The third kappa shape index (κ3) is 2.90. The fourth-order valence-corrected chi connectivity index (χ4v) is 3.81. The monoisotopic (exact) mass is 272 g/mol. The van der Waals surface area contributed by atoms with Crippen LogP contribution in [0.2, 0.25) is 0 Å². The summed E-state index contributed by atoms with van der Waals surface area (Å²) in [5.74, 6) is 0. The minimum absolute atomic E-state index is 0.101. The molecule has 0 radical (unpaired) electrons. The molecule has 2 rings (SSSR count). The van der Waals surface area contributed by atoms with Crippen LogP contribution in [0.3, 0.4) is 0 Å². The van der Waals surface area contributed by atoms with Crippen LogP contribution in [0.1, 0.15) is 32.1 Å². The van der Waals surface area contributed by atoms with E-state index in [2.05, 4.69) is 9.82 Å². The van der Waals surface area contributed by atoms with Crippen LogP contribution in [0, 0.1) is 0 Å². The number of nitrogens with one attached hydrogen (secondary N) is 1. The molecule has 0 spiro atoms. The molecule has 0 saturated heterocycles. The van der Waals surface area contributed by atoms with Crippen molar-refractivity contribution in [1.29, 1.82) is 0 Å². The van der Waals surface area contributed by atoms with Crippen LogP contribution in [0.4, 0.5) is 0 Å². The van der Waals surface area contributed by atoms with Crippen LogP contribution in [0.15, 0.2) is 17.3 Å². The lowest BCUT2D eigenvalue weighted by atomic mass is 10.1. The molecule has 1 heterocycles. The number of rotatable bonds is 3. The van der Waals surface area contributed by atoms with Gasteiger partial charge in [-0.3, -0.25) is 4.68 Å². The topological polar surface area (TPSA) is 90.0 Å². The van der Waals surface area contributed by atoms with E-state index >= 15 is 0 Å². The molecule has 1 aliphatic rings. The van der Waals surface area contributed by atoms with Gasteiger partial charge in [-0.2, -0.15) is 5.10 Å². The molecule has 0 bridgehead atoms. The highest BCUT2D eigenvalue weighted by atomic mass is 32.2. The van der Waals surface area contributed by atoms with E-state index in [0.717, 1.165) is 32.1 Å². The Morgan fingerprint density at radius 2 is 2.11 bits per heavy atom. The van der Waals surface area contributed by atoms with Crippen LogP contribution < -0.4 is 10.5 Å². The maximum Gasteiger partial charge on any atom is 0.258 e. The van der Waals surface area contributed by atoms with Gasteiger partial charge in [0.15, 0.2) is 5.03 Å². The Hall–Kier alpha value is -0.920. The Kier molecular flexibility index (Phi) is 4.04. The van der Waals surface area contributed by atoms with Gasteiger partial charge in [0.25, 0.3) is 10.0 Å². The Bertz CT molecular complexity index is 497. The number of nitrogens with two attached hydrogens (primary N) is 1. The normalized spacial score (nSPS) is 25.9. The highest BCUT2D eigenvalue weighted by Gasteiger charge is 2.27. The third-order valence-electron chi connectivity index (χ3n) is 3.43. The Labute approximate surface area is 108 Å². The lowest BCUT2D eigenvalue weighted by Gasteiger charge is -2.22. The standard InChI is InChI=1S/C11H20N4O2S/c1-15-11(7-8-13-15)18(16,17)14-10-6-4-2-3-5-9(10)12/h7-10,14H,2-6,12H2,1H3. The zero-order valence-electron chi connectivity index (χ0n) is 10.5. The molecule has 0 aromatic carbocycles. The number of hydrogen-bond donors (Lipinski definition) is 2. The van der Waals surface area contributed by atoms with Gasteiger partial charge in [0.1, 0.15) is 0 Å². The quantitative estimate of drug-likeness (QED) is 0.777. The molecule has 3 N–H and O–H groups in total. The molecule has 1 aromatic rings. The Morgan fingerprint density at radius 3 is 2.78 bits per heavy atom. The van der Waals surface area contributed by atoms with Crippen molar-refractivity contribution < 1.29 is 8.42 Å². The number of hydrogen-bond acceptors (Lipinski definition) is 4. The number of sulfonamides is 1. The molecule has 1 aromatic heterocycles. The smallest absolute Gasteiger partial charge is 0.258 e. The summed E-state index contributed by atoms with van der Waals surface area (Å²) in [4.78, 5) is 0. The molecule has 2 atom stereocenters. The van der Waals surface area contributed by atoms with Gasteiger partial charge < -0.3 is 5.73 Å². The van der Waals surface area contributed by atoms with Crippen molar-refractivity contribution >= 4 is 10.0 Å². The van der Waals surface area contributed by atoms with Crippen molar-refractivity contribution in [3.8, 4) is 0 Å². The molecular weight excluding hydrogens is 252 g/mol. The van der Waals surface area contributed by atoms with E-state index in [1.165, 1.54) is 16.9 Å². The predicted octanol–water partition coefficient (Wildman–Crippen LogP) is 0.358. The molecule has 1 aliphatic carbocycles. The first-order valence-corrected chi connectivity index (χ1v) is 7.75. The van der Waals surface area contributed by atoms with E-state index in [1.807, 2.05) is 0 Å². The average Bonchev–Trinajstić information content (AvgIpc) is 2.64. The summed E-state index contributed by atoms with van der Waals surface area (Å²) in [5, 5.41) is 4.06. The first-order valence-electron chi connectivity index (χ1n) is 6.26. The number of aryl methyl sites for hydroxylation is 1. The van der Waals surface area contributed by atoms with Crippen molar-refractivity contribution in [1.82, 2.24) is 14.5 Å². The van der Waals surface area contributed by atoms with Gasteiger partial charge in [0.05, 0.1) is 6.20 Å². The van der Waals surface area contributed by atoms with Crippen molar-refractivity contribution in [3.63, 3.8) is 0 Å². The van der Waals surface area contributed by atoms with Crippen molar-refractivity contribution in [3.05, 3.63) is 12.3 Å². The third-order valence-corrected chi connectivity index (χ3v) is 4.99. The zero-order valence-corrected chi connectivity index (χ0v) is 11.4. The predicted molar refractivity (Wildman–Crippen MR) is 68.4 cm³/mol. The second-order valence-corrected chi connectivity index (χ2v) is 6.48. The maximum atomic E-state index is 12.2. The molecule has 18 heavy (non-hydrogen) atoms. The SMILES string of the molecule is Cn1nccc1S(=O)(=O)NC1CCCCCC1N. The largest absolute Gasteiger partial charge is 0.326 e.